The average Bonchev–Trinajstić information content (AvgIpc) is 2.54. The first kappa shape index (κ1) is 11.4. The van der Waals surface area contributed by atoms with E-state index in [0.29, 0.717) is 0 Å². The molecule has 2 aromatic carbocycles. The van der Waals surface area contributed by atoms with Crippen LogP contribution in [0.4, 0.5) is 5.69 Å². The predicted octanol–water partition coefficient (Wildman–Crippen LogP) is 3.84. The second kappa shape index (κ2) is 4.57. The zero-order valence-electron chi connectivity index (χ0n) is 11.0. The Bertz CT molecular complexity index is 715. The summed E-state index contributed by atoms with van der Waals surface area (Å²) >= 11 is 0. The Labute approximate surface area is 118 Å². The van der Waals surface area contributed by atoms with Gasteiger partial charge in [-0.15, -0.1) is 0 Å². The summed E-state index contributed by atoms with van der Waals surface area (Å²) in [6.07, 6.45) is 7.18. The smallest absolute Gasteiger partial charge is 0.159 e. The van der Waals surface area contributed by atoms with Crippen molar-refractivity contribution in [3.63, 3.8) is 0 Å². The highest BCUT2D eigenvalue weighted by molar-refractivity contribution is 5.61. The van der Waals surface area contributed by atoms with Crippen molar-refractivity contribution in [3.8, 4) is 5.75 Å². The third-order valence-corrected chi connectivity index (χ3v) is 3.69. The summed E-state index contributed by atoms with van der Waals surface area (Å²) in [7, 11) is 0. The van der Waals surface area contributed by atoms with E-state index < -0.39 is 0 Å². The molecule has 4 rings (SSSR count). The third kappa shape index (κ3) is 1.90. The fourth-order valence-electron chi connectivity index (χ4n) is 2.62. The van der Waals surface area contributed by atoms with Crippen molar-refractivity contribution < 1.29 is 4.74 Å². The summed E-state index contributed by atoms with van der Waals surface area (Å²) in [6, 6.07) is 16.3. The molecule has 1 atom stereocenters. The summed E-state index contributed by atoms with van der Waals surface area (Å²) in [4.78, 5) is 0. The quantitative estimate of drug-likeness (QED) is 0.764. The van der Waals surface area contributed by atoms with Crippen LogP contribution in [-0.2, 0) is 6.42 Å². The van der Waals surface area contributed by atoms with E-state index in [4.69, 9.17) is 10.1 Å². The molecule has 20 heavy (non-hydrogen) atoms. The molecule has 97 valence electrons. The zero-order chi connectivity index (χ0) is 13.4. The van der Waals surface area contributed by atoms with Crippen LogP contribution in [0.3, 0.4) is 0 Å². The second-order valence-electron chi connectivity index (χ2n) is 5.01. The van der Waals surface area contributed by atoms with E-state index in [0.717, 1.165) is 29.1 Å². The van der Waals surface area contributed by atoms with Gasteiger partial charge in [-0.1, -0.05) is 48.6 Å². The lowest BCUT2D eigenvalue weighted by molar-refractivity contribution is 0.273. The van der Waals surface area contributed by atoms with E-state index in [2.05, 4.69) is 42.5 Å². The SMILES string of the molecule is C1=CC(C2=CCc3ccccc3[N]2)Oc2ccccc21. The predicted molar refractivity (Wildman–Crippen MR) is 79.9 cm³/mol. The number of nitrogens with zero attached hydrogens (tertiary/aromatic N) is 1. The van der Waals surface area contributed by atoms with Gasteiger partial charge in [-0.3, -0.25) is 0 Å². The monoisotopic (exact) mass is 260 g/mol. The standard InChI is InChI=1S/C18H14NO/c1-3-7-15-13(5-1)9-11-16(19-15)18-12-10-14-6-2-4-8-17(14)20-18/h1-8,10-12,18H,9H2. The van der Waals surface area contributed by atoms with Gasteiger partial charge in [0.15, 0.2) is 6.10 Å². The first-order valence-electron chi connectivity index (χ1n) is 6.84. The highest BCUT2D eigenvalue weighted by Crippen LogP contribution is 2.31. The lowest BCUT2D eigenvalue weighted by Gasteiger charge is -2.26. The van der Waals surface area contributed by atoms with Gasteiger partial charge in [0.2, 0.25) is 0 Å². The lowest BCUT2D eigenvalue weighted by atomic mass is 10.0. The van der Waals surface area contributed by atoms with Crippen LogP contribution < -0.4 is 10.1 Å². The van der Waals surface area contributed by atoms with Gasteiger partial charge < -0.3 is 4.74 Å². The van der Waals surface area contributed by atoms with Crippen LogP contribution in [0.2, 0.25) is 0 Å². The first-order valence-corrected chi connectivity index (χ1v) is 6.84. The molecular weight excluding hydrogens is 246 g/mol. The van der Waals surface area contributed by atoms with Gasteiger partial charge in [0.1, 0.15) is 5.75 Å². The highest BCUT2D eigenvalue weighted by atomic mass is 16.5. The number of ether oxygens (including phenoxy) is 1. The molecule has 0 N–H and O–H groups in total. The van der Waals surface area contributed by atoms with Crippen molar-refractivity contribution >= 4 is 11.8 Å². The van der Waals surface area contributed by atoms with Crippen molar-refractivity contribution in [1.29, 1.82) is 0 Å². The summed E-state index contributed by atoms with van der Waals surface area (Å²) in [5.74, 6) is 0.926. The molecule has 2 aliphatic rings. The van der Waals surface area contributed by atoms with Gasteiger partial charge in [-0.2, -0.15) is 0 Å². The Morgan fingerprint density at radius 2 is 1.85 bits per heavy atom. The van der Waals surface area contributed by atoms with Crippen LogP contribution in [0.15, 0.2) is 66.4 Å². The number of hydrogen-bond acceptors (Lipinski definition) is 1. The molecule has 1 radical (unpaired) electrons. The molecule has 0 aromatic heterocycles. The van der Waals surface area contributed by atoms with Crippen molar-refractivity contribution in [2.45, 2.75) is 12.5 Å². The molecule has 2 aliphatic heterocycles. The Morgan fingerprint density at radius 1 is 1.00 bits per heavy atom. The Balaban J connectivity index is 1.61. The molecule has 2 nitrogen and oxygen atoms in total. The number of rotatable bonds is 1. The maximum absolute atomic E-state index is 6.04. The number of benzene rings is 2. The normalized spacial score (nSPS) is 19.2. The van der Waals surface area contributed by atoms with Crippen LogP contribution in [-0.4, -0.2) is 6.10 Å². The maximum Gasteiger partial charge on any atom is 0.159 e. The van der Waals surface area contributed by atoms with Crippen LogP contribution in [0.25, 0.3) is 6.08 Å². The maximum atomic E-state index is 6.04. The minimum absolute atomic E-state index is 0.0849. The third-order valence-electron chi connectivity index (χ3n) is 3.69. The number of fused-ring (bicyclic) bond motifs is 2. The van der Waals surface area contributed by atoms with Crippen molar-refractivity contribution in [1.82, 2.24) is 5.32 Å². The summed E-state index contributed by atoms with van der Waals surface area (Å²) in [5.41, 5.74) is 4.45. The van der Waals surface area contributed by atoms with Crippen LogP contribution in [0.5, 0.6) is 5.75 Å². The molecule has 0 fully saturated rings. The second-order valence-corrected chi connectivity index (χ2v) is 5.01. The Hall–Kier alpha value is -2.48. The molecular formula is C18H14NO. The fourth-order valence-corrected chi connectivity index (χ4v) is 2.62. The molecule has 0 saturated heterocycles. The number of para-hydroxylation sites is 2. The largest absolute Gasteiger partial charge is 0.479 e. The zero-order valence-corrected chi connectivity index (χ0v) is 11.0. The van der Waals surface area contributed by atoms with Gasteiger partial charge in [-0.25, -0.2) is 5.32 Å². The molecule has 2 aromatic rings. The fraction of sp³-hybridized carbons (Fsp3) is 0.111. The average molecular weight is 260 g/mol. The van der Waals surface area contributed by atoms with Gasteiger partial charge in [0.25, 0.3) is 0 Å². The lowest BCUT2D eigenvalue weighted by Crippen LogP contribution is -2.25. The van der Waals surface area contributed by atoms with Crippen molar-refractivity contribution in [2.75, 3.05) is 0 Å². The van der Waals surface area contributed by atoms with Gasteiger partial charge in [-0.05, 0) is 30.2 Å². The summed E-state index contributed by atoms with van der Waals surface area (Å²) in [6.45, 7) is 0. The highest BCUT2D eigenvalue weighted by Gasteiger charge is 2.22. The molecule has 0 amide bonds. The topological polar surface area (TPSA) is 23.3 Å². The number of hydrogen-bond donors (Lipinski definition) is 0. The van der Waals surface area contributed by atoms with Crippen LogP contribution >= 0.6 is 0 Å². The van der Waals surface area contributed by atoms with Crippen LogP contribution in [0, 0.1) is 0 Å². The molecule has 0 spiro atoms. The molecule has 0 saturated carbocycles. The van der Waals surface area contributed by atoms with Crippen molar-refractivity contribution in [2.24, 2.45) is 0 Å². The first-order chi connectivity index (χ1) is 9.90. The van der Waals surface area contributed by atoms with Gasteiger partial charge in [0, 0.05) is 5.56 Å². The number of allylic oxidation sites excluding steroid dienone is 1. The van der Waals surface area contributed by atoms with E-state index in [-0.39, 0.29) is 6.10 Å². The minimum atomic E-state index is -0.0849. The van der Waals surface area contributed by atoms with E-state index in [1.807, 2.05) is 24.3 Å². The van der Waals surface area contributed by atoms with E-state index in [9.17, 15) is 0 Å². The van der Waals surface area contributed by atoms with Crippen LogP contribution in [0.1, 0.15) is 11.1 Å². The van der Waals surface area contributed by atoms with E-state index in [1.165, 1.54) is 5.56 Å². The van der Waals surface area contributed by atoms with E-state index in [1.54, 1.807) is 0 Å². The molecule has 1 unspecified atom stereocenters. The summed E-state index contributed by atoms with van der Waals surface area (Å²) < 4.78 is 6.04. The molecule has 2 heterocycles. The van der Waals surface area contributed by atoms with Gasteiger partial charge in [0.05, 0.1) is 11.4 Å². The van der Waals surface area contributed by atoms with E-state index >= 15 is 0 Å². The van der Waals surface area contributed by atoms with Gasteiger partial charge >= 0.3 is 0 Å². The Morgan fingerprint density at radius 3 is 2.85 bits per heavy atom. The Kier molecular flexibility index (Phi) is 2.59. The molecule has 2 heteroatoms. The molecule has 0 aliphatic carbocycles. The molecule has 0 bridgehead atoms. The summed E-state index contributed by atoms with van der Waals surface area (Å²) in [5, 5.41) is 4.73. The minimum Gasteiger partial charge on any atom is -0.479 e. The van der Waals surface area contributed by atoms with Crippen molar-refractivity contribution in [3.05, 3.63) is 77.5 Å².